The van der Waals surface area contributed by atoms with Crippen LogP contribution in [-0.4, -0.2) is 18.4 Å². The number of benzene rings is 1. The van der Waals surface area contributed by atoms with E-state index in [9.17, 15) is 14.0 Å². The van der Waals surface area contributed by atoms with Crippen molar-refractivity contribution in [2.45, 2.75) is 13.3 Å². The highest BCUT2D eigenvalue weighted by atomic mass is 35.5. The van der Waals surface area contributed by atoms with Crippen LogP contribution in [0.2, 0.25) is 5.02 Å². The van der Waals surface area contributed by atoms with E-state index in [1.807, 2.05) is 0 Å². The molecule has 86 valence electrons. The molecule has 0 spiro atoms. The minimum atomic E-state index is -0.646. The summed E-state index contributed by atoms with van der Waals surface area (Å²) in [7, 11) is 0. The zero-order valence-corrected chi connectivity index (χ0v) is 9.38. The second-order valence-corrected chi connectivity index (χ2v) is 3.44. The van der Waals surface area contributed by atoms with Gasteiger partial charge in [0.15, 0.2) is 5.78 Å². The number of ketones is 1. The van der Waals surface area contributed by atoms with Gasteiger partial charge >= 0.3 is 5.97 Å². The zero-order chi connectivity index (χ0) is 12.1. The fraction of sp³-hybridized carbons (Fsp3) is 0.273. The summed E-state index contributed by atoms with van der Waals surface area (Å²) in [5.41, 5.74) is -0.00489. The van der Waals surface area contributed by atoms with Gasteiger partial charge in [-0.05, 0) is 25.1 Å². The van der Waals surface area contributed by atoms with E-state index in [-0.39, 0.29) is 17.2 Å². The Bertz CT molecular complexity index is 418. The van der Waals surface area contributed by atoms with Crippen LogP contribution in [0.15, 0.2) is 18.2 Å². The van der Waals surface area contributed by atoms with Crippen molar-refractivity contribution in [3.8, 4) is 0 Å². The van der Waals surface area contributed by atoms with Gasteiger partial charge < -0.3 is 4.74 Å². The Hall–Kier alpha value is -1.42. The van der Waals surface area contributed by atoms with Crippen molar-refractivity contribution >= 4 is 23.4 Å². The molecule has 5 heteroatoms. The van der Waals surface area contributed by atoms with Crippen molar-refractivity contribution in [2.24, 2.45) is 0 Å². The molecule has 0 atom stereocenters. The van der Waals surface area contributed by atoms with Gasteiger partial charge in [-0.2, -0.15) is 0 Å². The molecule has 0 aliphatic rings. The Kier molecular flexibility index (Phi) is 4.43. The van der Waals surface area contributed by atoms with Crippen LogP contribution in [-0.2, 0) is 9.53 Å². The summed E-state index contributed by atoms with van der Waals surface area (Å²) in [5, 5.41) is 0.121. The smallest absolute Gasteiger partial charge is 0.313 e. The van der Waals surface area contributed by atoms with Gasteiger partial charge in [0.05, 0.1) is 11.6 Å². The summed E-state index contributed by atoms with van der Waals surface area (Å²) >= 11 is 5.71. The molecule has 3 nitrogen and oxygen atoms in total. The third-order valence-electron chi connectivity index (χ3n) is 1.84. The number of esters is 1. The summed E-state index contributed by atoms with van der Waals surface area (Å²) in [6.07, 6.45) is -0.434. The highest BCUT2D eigenvalue weighted by Crippen LogP contribution is 2.18. The molecule has 0 radical (unpaired) electrons. The lowest BCUT2D eigenvalue weighted by molar-refractivity contribution is -0.141. The van der Waals surface area contributed by atoms with Gasteiger partial charge in [0.2, 0.25) is 0 Å². The molecular formula is C11H10ClFO3. The third-order valence-corrected chi connectivity index (χ3v) is 2.17. The lowest BCUT2D eigenvalue weighted by atomic mass is 10.1. The Morgan fingerprint density at radius 1 is 1.44 bits per heavy atom. The fourth-order valence-electron chi connectivity index (χ4n) is 1.15. The van der Waals surface area contributed by atoms with E-state index >= 15 is 0 Å². The minimum Gasteiger partial charge on any atom is -0.466 e. The summed E-state index contributed by atoms with van der Waals surface area (Å²) in [5.74, 6) is -1.77. The van der Waals surface area contributed by atoms with Crippen LogP contribution in [0.3, 0.4) is 0 Å². The second-order valence-electron chi connectivity index (χ2n) is 3.03. The standard InChI is InChI=1S/C11H10ClFO3/c1-2-16-11(15)6-10(14)8-5-7(13)3-4-9(8)12/h3-5H,2,6H2,1H3. The molecule has 0 amide bonds. The van der Waals surface area contributed by atoms with Crippen molar-refractivity contribution in [2.75, 3.05) is 6.61 Å². The maximum atomic E-state index is 12.9. The number of carbonyl (C=O) groups is 2. The van der Waals surface area contributed by atoms with Crippen molar-refractivity contribution < 1.29 is 18.7 Å². The summed E-state index contributed by atoms with van der Waals surface area (Å²) in [4.78, 5) is 22.6. The van der Waals surface area contributed by atoms with Crippen molar-refractivity contribution in [3.63, 3.8) is 0 Å². The maximum absolute atomic E-state index is 12.9. The molecule has 0 N–H and O–H groups in total. The van der Waals surface area contributed by atoms with Gasteiger partial charge in [0.25, 0.3) is 0 Å². The van der Waals surface area contributed by atoms with Gasteiger partial charge in [-0.3, -0.25) is 9.59 Å². The number of halogens is 2. The lowest BCUT2D eigenvalue weighted by Crippen LogP contribution is -2.11. The molecule has 0 heterocycles. The van der Waals surface area contributed by atoms with E-state index in [4.69, 9.17) is 11.6 Å². The quantitative estimate of drug-likeness (QED) is 0.465. The molecule has 0 fully saturated rings. The average molecular weight is 245 g/mol. The first-order valence-corrected chi connectivity index (χ1v) is 5.06. The molecule has 0 aliphatic carbocycles. The number of hydrogen-bond acceptors (Lipinski definition) is 3. The van der Waals surface area contributed by atoms with Crippen LogP contribution < -0.4 is 0 Å². The van der Waals surface area contributed by atoms with E-state index < -0.39 is 24.0 Å². The number of hydrogen-bond donors (Lipinski definition) is 0. The van der Waals surface area contributed by atoms with Crippen LogP contribution >= 0.6 is 11.6 Å². The van der Waals surface area contributed by atoms with Crippen molar-refractivity contribution in [3.05, 3.63) is 34.6 Å². The molecule has 1 aromatic rings. The SMILES string of the molecule is CCOC(=O)CC(=O)c1cc(F)ccc1Cl. The van der Waals surface area contributed by atoms with Crippen LogP contribution in [0.1, 0.15) is 23.7 Å². The van der Waals surface area contributed by atoms with Gasteiger partial charge in [-0.15, -0.1) is 0 Å². The van der Waals surface area contributed by atoms with Gasteiger partial charge in [0.1, 0.15) is 12.2 Å². The minimum absolute atomic E-state index is 0.00489. The predicted octanol–water partition coefficient (Wildman–Crippen LogP) is 2.62. The molecular weight excluding hydrogens is 235 g/mol. The molecule has 0 unspecified atom stereocenters. The Morgan fingerprint density at radius 2 is 2.12 bits per heavy atom. The topological polar surface area (TPSA) is 43.4 Å². The highest BCUT2D eigenvalue weighted by molar-refractivity contribution is 6.34. The van der Waals surface area contributed by atoms with Crippen LogP contribution in [0, 0.1) is 5.82 Å². The molecule has 0 bridgehead atoms. The van der Waals surface area contributed by atoms with Gasteiger partial charge in [-0.1, -0.05) is 11.6 Å². The molecule has 0 saturated heterocycles. The Morgan fingerprint density at radius 3 is 2.75 bits per heavy atom. The van der Waals surface area contributed by atoms with Crippen LogP contribution in [0.4, 0.5) is 4.39 Å². The monoisotopic (exact) mass is 244 g/mol. The zero-order valence-electron chi connectivity index (χ0n) is 8.63. The molecule has 0 aliphatic heterocycles. The maximum Gasteiger partial charge on any atom is 0.313 e. The normalized spacial score (nSPS) is 9.94. The number of ether oxygens (including phenoxy) is 1. The molecule has 0 saturated carbocycles. The van der Waals surface area contributed by atoms with E-state index in [2.05, 4.69) is 4.74 Å². The summed E-state index contributed by atoms with van der Waals surface area (Å²) in [6.45, 7) is 1.83. The summed E-state index contributed by atoms with van der Waals surface area (Å²) < 4.78 is 17.5. The van der Waals surface area contributed by atoms with Gasteiger partial charge in [0, 0.05) is 5.56 Å². The molecule has 16 heavy (non-hydrogen) atoms. The lowest BCUT2D eigenvalue weighted by Gasteiger charge is -2.03. The number of Topliss-reactive ketones (excluding diaryl/α,β-unsaturated/α-hetero) is 1. The fourth-order valence-corrected chi connectivity index (χ4v) is 1.37. The van der Waals surface area contributed by atoms with E-state index in [0.29, 0.717) is 0 Å². The molecule has 0 aromatic heterocycles. The molecule has 1 aromatic carbocycles. The van der Waals surface area contributed by atoms with Crippen LogP contribution in [0.5, 0.6) is 0 Å². The van der Waals surface area contributed by atoms with Crippen LogP contribution in [0.25, 0.3) is 0 Å². The summed E-state index contributed by atoms with van der Waals surface area (Å²) in [6, 6.07) is 3.42. The Labute approximate surface area is 97.2 Å². The first kappa shape index (κ1) is 12.6. The first-order valence-electron chi connectivity index (χ1n) is 4.68. The van der Waals surface area contributed by atoms with Crippen molar-refractivity contribution in [1.29, 1.82) is 0 Å². The highest BCUT2D eigenvalue weighted by Gasteiger charge is 2.16. The number of rotatable bonds is 4. The predicted molar refractivity (Wildman–Crippen MR) is 57.0 cm³/mol. The average Bonchev–Trinajstić information content (AvgIpc) is 2.21. The van der Waals surface area contributed by atoms with Gasteiger partial charge in [-0.25, -0.2) is 4.39 Å². The number of carbonyl (C=O) groups excluding carboxylic acids is 2. The van der Waals surface area contributed by atoms with Crippen molar-refractivity contribution in [1.82, 2.24) is 0 Å². The van der Waals surface area contributed by atoms with E-state index in [0.717, 1.165) is 12.1 Å². The Balaban J connectivity index is 2.80. The second kappa shape index (κ2) is 5.61. The van der Waals surface area contributed by atoms with E-state index in [1.165, 1.54) is 6.07 Å². The van der Waals surface area contributed by atoms with E-state index in [1.54, 1.807) is 6.92 Å². The first-order chi connectivity index (χ1) is 7.54. The molecule has 1 rings (SSSR count). The largest absolute Gasteiger partial charge is 0.466 e. The third kappa shape index (κ3) is 3.31.